The van der Waals surface area contributed by atoms with Crippen LogP contribution < -0.4 is 5.32 Å². The van der Waals surface area contributed by atoms with Crippen molar-refractivity contribution >= 4 is 11.6 Å². The fourth-order valence-corrected chi connectivity index (χ4v) is 2.55. The highest BCUT2D eigenvalue weighted by molar-refractivity contribution is 5.92. The first-order valence-electron chi connectivity index (χ1n) is 6.97. The van der Waals surface area contributed by atoms with Crippen LogP contribution in [0.15, 0.2) is 18.2 Å². The lowest BCUT2D eigenvalue weighted by atomic mass is 10.1. The Balaban J connectivity index is 1.82. The summed E-state index contributed by atoms with van der Waals surface area (Å²) in [7, 11) is 0. The number of carbonyl (C=O) groups excluding carboxylic acids is 1. The molecule has 4 nitrogen and oxygen atoms in total. The molecule has 1 saturated heterocycles. The second kappa shape index (κ2) is 6.81. The maximum Gasteiger partial charge on any atom is 0.238 e. The molecular weight excluding hydrogens is 259 g/mol. The van der Waals surface area contributed by atoms with Gasteiger partial charge in [0.05, 0.1) is 6.54 Å². The third kappa shape index (κ3) is 4.02. The number of rotatable bonds is 5. The van der Waals surface area contributed by atoms with E-state index in [1.54, 1.807) is 19.1 Å². The Morgan fingerprint density at radius 1 is 1.55 bits per heavy atom. The molecule has 0 radical (unpaired) electrons. The lowest BCUT2D eigenvalue weighted by molar-refractivity contribution is -0.117. The van der Waals surface area contributed by atoms with Gasteiger partial charge in [-0.25, -0.2) is 4.39 Å². The summed E-state index contributed by atoms with van der Waals surface area (Å²) in [5.74, 6) is 0.0366. The number of nitrogens with one attached hydrogen (secondary N) is 1. The largest absolute Gasteiger partial charge is 0.396 e. The molecule has 1 aromatic rings. The molecule has 110 valence electrons. The van der Waals surface area contributed by atoms with Gasteiger partial charge in [-0.3, -0.25) is 9.69 Å². The molecule has 1 aliphatic heterocycles. The normalized spacial score (nSPS) is 19.2. The van der Waals surface area contributed by atoms with Crippen LogP contribution >= 0.6 is 0 Å². The van der Waals surface area contributed by atoms with Gasteiger partial charge in [0, 0.05) is 18.8 Å². The number of halogens is 1. The Hall–Kier alpha value is -1.46. The first kappa shape index (κ1) is 14.9. The molecule has 1 amide bonds. The van der Waals surface area contributed by atoms with Crippen molar-refractivity contribution in [2.45, 2.75) is 19.8 Å². The minimum Gasteiger partial charge on any atom is -0.396 e. The van der Waals surface area contributed by atoms with E-state index in [0.717, 1.165) is 25.9 Å². The first-order valence-corrected chi connectivity index (χ1v) is 6.97. The Morgan fingerprint density at radius 3 is 3.05 bits per heavy atom. The van der Waals surface area contributed by atoms with Gasteiger partial charge in [-0.2, -0.15) is 0 Å². The van der Waals surface area contributed by atoms with E-state index in [9.17, 15) is 9.18 Å². The predicted octanol–water partition coefficient (Wildman–Crippen LogP) is 1.78. The molecule has 1 aromatic carbocycles. The molecule has 0 aliphatic carbocycles. The number of aliphatic hydroxyl groups excluding tert-OH is 1. The van der Waals surface area contributed by atoms with Crippen molar-refractivity contribution in [2.75, 3.05) is 31.6 Å². The Labute approximate surface area is 118 Å². The van der Waals surface area contributed by atoms with Gasteiger partial charge in [0.15, 0.2) is 0 Å². The minimum atomic E-state index is -0.313. The summed E-state index contributed by atoms with van der Waals surface area (Å²) >= 11 is 0. The zero-order valence-electron chi connectivity index (χ0n) is 11.7. The molecule has 1 heterocycles. The molecule has 0 aromatic heterocycles. The SMILES string of the molecule is Cc1ccc(NC(=O)CN2CCC(CCO)C2)cc1F. The number of amides is 1. The molecule has 1 atom stereocenters. The Kier molecular flexibility index (Phi) is 5.09. The highest BCUT2D eigenvalue weighted by atomic mass is 19.1. The summed E-state index contributed by atoms with van der Waals surface area (Å²) < 4.78 is 13.4. The van der Waals surface area contributed by atoms with Gasteiger partial charge in [-0.1, -0.05) is 6.07 Å². The van der Waals surface area contributed by atoms with E-state index in [0.29, 0.717) is 23.7 Å². The van der Waals surface area contributed by atoms with Gasteiger partial charge >= 0.3 is 0 Å². The first-order chi connectivity index (χ1) is 9.58. The van der Waals surface area contributed by atoms with E-state index >= 15 is 0 Å². The second-order valence-corrected chi connectivity index (χ2v) is 5.41. The van der Waals surface area contributed by atoms with E-state index in [4.69, 9.17) is 5.11 Å². The van der Waals surface area contributed by atoms with Crippen LogP contribution in [-0.2, 0) is 4.79 Å². The number of likely N-dealkylation sites (tertiary alicyclic amines) is 1. The van der Waals surface area contributed by atoms with Crippen LogP contribution in [0.4, 0.5) is 10.1 Å². The molecule has 2 rings (SSSR count). The minimum absolute atomic E-state index is 0.127. The number of anilines is 1. The number of hydrogen-bond donors (Lipinski definition) is 2. The average Bonchev–Trinajstić information content (AvgIpc) is 2.81. The topological polar surface area (TPSA) is 52.6 Å². The van der Waals surface area contributed by atoms with E-state index in [1.807, 2.05) is 0 Å². The molecule has 5 heteroatoms. The third-order valence-corrected chi connectivity index (χ3v) is 3.73. The maximum absolute atomic E-state index is 13.4. The molecule has 0 saturated carbocycles. The molecule has 1 aliphatic rings. The molecule has 0 bridgehead atoms. The summed E-state index contributed by atoms with van der Waals surface area (Å²) in [5.41, 5.74) is 1.05. The maximum atomic E-state index is 13.4. The summed E-state index contributed by atoms with van der Waals surface area (Å²) in [5, 5.41) is 11.6. The van der Waals surface area contributed by atoms with Gasteiger partial charge in [0.1, 0.15) is 5.82 Å². The van der Waals surface area contributed by atoms with Crippen LogP contribution in [0.3, 0.4) is 0 Å². The lowest BCUT2D eigenvalue weighted by Gasteiger charge is -2.15. The number of aryl methyl sites for hydroxylation is 1. The average molecular weight is 280 g/mol. The molecule has 1 unspecified atom stereocenters. The monoisotopic (exact) mass is 280 g/mol. The van der Waals surface area contributed by atoms with Crippen molar-refractivity contribution < 1.29 is 14.3 Å². The van der Waals surface area contributed by atoms with E-state index in [1.165, 1.54) is 6.07 Å². The second-order valence-electron chi connectivity index (χ2n) is 5.41. The molecular formula is C15H21FN2O2. The Bertz CT molecular complexity index is 479. The number of aliphatic hydroxyl groups is 1. The molecule has 2 N–H and O–H groups in total. The standard InChI is InChI=1S/C15H21FN2O2/c1-11-2-3-13(8-14(11)16)17-15(20)10-18-6-4-12(9-18)5-7-19/h2-3,8,12,19H,4-7,9-10H2,1H3,(H,17,20). The summed E-state index contributed by atoms with van der Waals surface area (Å²) in [6.07, 6.45) is 1.81. The van der Waals surface area contributed by atoms with E-state index < -0.39 is 0 Å². The fourth-order valence-electron chi connectivity index (χ4n) is 2.55. The third-order valence-electron chi connectivity index (χ3n) is 3.73. The van der Waals surface area contributed by atoms with Crippen LogP contribution in [0.5, 0.6) is 0 Å². The van der Waals surface area contributed by atoms with Gasteiger partial charge in [-0.15, -0.1) is 0 Å². The van der Waals surface area contributed by atoms with Crippen LogP contribution in [0.1, 0.15) is 18.4 Å². The van der Waals surface area contributed by atoms with Crippen molar-refractivity contribution in [3.05, 3.63) is 29.6 Å². The van der Waals surface area contributed by atoms with Crippen molar-refractivity contribution in [2.24, 2.45) is 5.92 Å². The highest BCUT2D eigenvalue weighted by Gasteiger charge is 2.23. The van der Waals surface area contributed by atoms with Gasteiger partial charge in [-0.05, 0) is 49.9 Å². The summed E-state index contributed by atoms with van der Waals surface area (Å²) in [6.45, 7) is 3.92. The van der Waals surface area contributed by atoms with Crippen molar-refractivity contribution in [1.82, 2.24) is 4.90 Å². The number of carbonyl (C=O) groups is 1. The smallest absolute Gasteiger partial charge is 0.238 e. The molecule has 1 fully saturated rings. The fraction of sp³-hybridized carbons (Fsp3) is 0.533. The number of benzene rings is 1. The van der Waals surface area contributed by atoms with Crippen LogP contribution in [-0.4, -0.2) is 42.2 Å². The number of nitrogens with zero attached hydrogens (tertiary/aromatic N) is 1. The highest BCUT2D eigenvalue weighted by Crippen LogP contribution is 2.19. The van der Waals surface area contributed by atoms with Gasteiger partial charge < -0.3 is 10.4 Å². The van der Waals surface area contributed by atoms with Crippen LogP contribution in [0.25, 0.3) is 0 Å². The van der Waals surface area contributed by atoms with Crippen LogP contribution in [0.2, 0.25) is 0 Å². The zero-order valence-corrected chi connectivity index (χ0v) is 11.7. The lowest BCUT2D eigenvalue weighted by Crippen LogP contribution is -2.31. The Morgan fingerprint density at radius 2 is 2.35 bits per heavy atom. The zero-order chi connectivity index (χ0) is 14.5. The van der Waals surface area contributed by atoms with Gasteiger partial charge in [0.2, 0.25) is 5.91 Å². The van der Waals surface area contributed by atoms with E-state index in [2.05, 4.69) is 10.2 Å². The van der Waals surface area contributed by atoms with Gasteiger partial charge in [0.25, 0.3) is 0 Å². The predicted molar refractivity (Wildman–Crippen MR) is 76.0 cm³/mol. The van der Waals surface area contributed by atoms with Crippen LogP contribution in [0, 0.1) is 18.7 Å². The number of hydrogen-bond acceptors (Lipinski definition) is 3. The van der Waals surface area contributed by atoms with Crippen molar-refractivity contribution in [3.63, 3.8) is 0 Å². The quantitative estimate of drug-likeness (QED) is 0.864. The molecule has 20 heavy (non-hydrogen) atoms. The summed E-state index contributed by atoms with van der Waals surface area (Å²) in [6, 6.07) is 4.69. The summed E-state index contributed by atoms with van der Waals surface area (Å²) in [4.78, 5) is 14.0. The van der Waals surface area contributed by atoms with E-state index in [-0.39, 0.29) is 18.3 Å². The molecule has 0 spiro atoms. The van der Waals surface area contributed by atoms with Crippen molar-refractivity contribution in [3.8, 4) is 0 Å². The van der Waals surface area contributed by atoms with Crippen molar-refractivity contribution in [1.29, 1.82) is 0 Å².